The number of nitrogen functional groups attached to an aromatic ring is 1. The average Bonchev–Trinajstić information content (AvgIpc) is 2.30. The molecule has 0 radical (unpaired) electrons. The Hall–Kier alpha value is -1.77. The van der Waals surface area contributed by atoms with Crippen LogP contribution in [0.2, 0.25) is 0 Å². The number of carbonyl (C=O) groups is 1. The van der Waals surface area contributed by atoms with Crippen LogP contribution in [0.5, 0.6) is 0 Å². The minimum absolute atomic E-state index is 0.427. The number of carboxylic acid groups (broad SMARTS) is 1. The molecule has 3 nitrogen and oxygen atoms in total. The van der Waals surface area contributed by atoms with Gasteiger partial charge in [-0.25, -0.2) is 4.79 Å². The number of carboxylic acids is 1. The van der Waals surface area contributed by atoms with Gasteiger partial charge in [0.1, 0.15) is 0 Å². The SMILES string of the molecule is CCCCCC(=Cc1ccccc1N)C(=O)O. The van der Waals surface area contributed by atoms with Crippen LogP contribution < -0.4 is 5.73 Å². The third-order valence-electron chi connectivity index (χ3n) is 2.65. The number of benzene rings is 1. The van der Waals surface area contributed by atoms with Crippen molar-refractivity contribution in [3.05, 3.63) is 35.4 Å². The molecule has 0 unspecified atom stereocenters. The molecule has 0 aliphatic heterocycles. The molecule has 0 saturated heterocycles. The standard InChI is InChI=1S/C14H19NO2/c1-2-3-4-8-12(14(16)17)10-11-7-5-6-9-13(11)15/h5-7,9-10H,2-4,8,15H2,1H3,(H,16,17). The van der Waals surface area contributed by atoms with Crippen molar-refractivity contribution in [2.75, 3.05) is 5.73 Å². The molecule has 0 aliphatic carbocycles. The van der Waals surface area contributed by atoms with Crippen LogP contribution in [-0.4, -0.2) is 11.1 Å². The van der Waals surface area contributed by atoms with Crippen molar-refractivity contribution in [2.24, 2.45) is 0 Å². The molecule has 1 aromatic carbocycles. The summed E-state index contributed by atoms with van der Waals surface area (Å²) < 4.78 is 0. The molecule has 3 heteroatoms. The highest BCUT2D eigenvalue weighted by molar-refractivity contribution is 5.93. The fourth-order valence-corrected chi connectivity index (χ4v) is 1.64. The second kappa shape index (κ2) is 6.74. The molecule has 0 saturated carbocycles. The van der Waals surface area contributed by atoms with Gasteiger partial charge in [0.05, 0.1) is 0 Å². The van der Waals surface area contributed by atoms with Crippen LogP contribution in [0.25, 0.3) is 6.08 Å². The molecular weight excluding hydrogens is 214 g/mol. The van der Waals surface area contributed by atoms with Crippen LogP contribution in [0.1, 0.15) is 38.2 Å². The summed E-state index contributed by atoms with van der Waals surface area (Å²) in [7, 11) is 0. The molecule has 1 rings (SSSR count). The van der Waals surface area contributed by atoms with E-state index in [1.54, 1.807) is 12.1 Å². The van der Waals surface area contributed by atoms with Crippen LogP contribution in [0.3, 0.4) is 0 Å². The van der Waals surface area contributed by atoms with Gasteiger partial charge < -0.3 is 10.8 Å². The molecule has 0 aromatic heterocycles. The van der Waals surface area contributed by atoms with Crippen LogP contribution >= 0.6 is 0 Å². The summed E-state index contributed by atoms with van der Waals surface area (Å²) >= 11 is 0. The number of anilines is 1. The lowest BCUT2D eigenvalue weighted by molar-refractivity contribution is -0.132. The van der Waals surface area contributed by atoms with E-state index in [-0.39, 0.29) is 0 Å². The number of rotatable bonds is 6. The molecular formula is C14H19NO2. The third kappa shape index (κ3) is 4.31. The van der Waals surface area contributed by atoms with Gasteiger partial charge in [0.25, 0.3) is 0 Å². The number of hydrogen-bond acceptors (Lipinski definition) is 2. The summed E-state index contributed by atoms with van der Waals surface area (Å²) in [6.07, 6.45) is 5.31. The highest BCUT2D eigenvalue weighted by atomic mass is 16.4. The Labute approximate surface area is 102 Å². The van der Waals surface area contributed by atoms with Crippen LogP contribution in [0.15, 0.2) is 29.8 Å². The predicted molar refractivity (Wildman–Crippen MR) is 70.6 cm³/mol. The maximum absolute atomic E-state index is 11.1. The number of nitrogens with two attached hydrogens (primary N) is 1. The van der Waals surface area contributed by atoms with Crippen molar-refractivity contribution in [3.8, 4) is 0 Å². The van der Waals surface area contributed by atoms with E-state index in [9.17, 15) is 4.79 Å². The Balaban J connectivity index is 2.83. The van der Waals surface area contributed by atoms with Gasteiger partial charge >= 0.3 is 5.97 Å². The van der Waals surface area contributed by atoms with Gasteiger partial charge in [0.2, 0.25) is 0 Å². The van der Waals surface area contributed by atoms with E-state index < -0.39 is 5.97 Å². The van der Waals surface area contributed by atoms with Crippen LogP contribution in [-0.2, 0) is 4.79 Å². The Bertz CT molecular complexity index is 410. The minimum Gasteiger partial charge on any atom is -0.478 e. The van der Waals surface area contributed by atoms with Crippen molar-refractivity contribution in [3.63, 3.8) is 0 Å². The molecule has 92 valence electrons. The molecule has 1 aromatic rings. The monoisotopic (exact) mass is 233 g/mol. The molecule has 0 spiro atoms. The molecule has 3 N–H and O–H groups in total. The third-order valence-corrected chi connectivity index (χ3v) is 2.65. The van der Waals surface area contributed by atoms with E-state index in [0.29, 0.717) is 17.7 Å². The first-order valence-corrected chi connectivity index (χ1v) is 5.93. The summed E-state index contributed by atoms with van der Waals surface area (Å²) in [6.45, 7) is 2.10. The molecule has 0 fully saturated rings. The summed E-state index contributed by atoms with van der Waals surface area (Å²) in [5.74, 6) is -0.857. The Morgan fingerprint density at radius 1 is 1.35 bits per heavy atom. The topological polar surface area (TPSA) is 63.3 Å². The van der Waals surface area contributed by atoms with Gasteiger partial charge in [-0.15, -0.1) is 0 Å². The maximum Gasteiger partial charge on any atom is 0.331 e. The first-order valence-electron chi connectivity index (χ1n) is 5.93. The van der Waals surface area contributed by atoms with Crippen molar-refractivity contribution in [2.45, 2.75) is 32.6 Å². The Morgan fingerprint density at radius 2 is 2.06 bits per heavy atom. The van der Waals surface area contributed by atoms with Gasteiger partial charge in [-0.1, -0.05) is 38.0 Å². The fourth-order valence-electron chi connectivity index (χ4n) is 1.64. The van der Waals surface area contributed by atoms with Gasteiger partial charge in [-0.2, -0.15) is 0 Å². The molecule has 0 atom stereocenters. The maximum atomic E-state index is 11.1. The van der Waals surface area contributed by atoms with Gasteiger partial charge in [-0.3, -0.25) is 0 Å². The lowest BCUT2D eigenvalue weighted by Gasteiger charge is -2.04. The van der Waals surface area contributed by atoms with Gasteiger partial charge in [-0.05, 0) is 30.5 Å². The van der Waals surface area contributed by atoms with Gasteiger partial charge in [0.15, 0.2) is 0 Å². The summed E-state index contributed by atoms with van der Waals surface area (Å²) in [6, 6.07) is 7.30. The Morgan fingerprint density at radius 3 is 2.65 bits per heavy atom. The lowest BCUT2D eigenvalue weighted by atomic mass is 10.0. The van der Waals surface area contributed by atoms with E-state index in [4.69, 9.17) is 10.8 Å². The molecule has 0 heterocycles. The zero-order chi connectivity index (χ0) is 12.7. The second-order valence-electron chi connectivity index (χ2n) is 4.06. The Kier molecular flexibility index (Phi) is 5.27. The quantitative estimate of drug-likeness (QED) is 0.450. The van der Waals surface area contributed by atoms with Crippen LogP contribution in [0, 0.1) is 0 Å². The number of aliphatic carboxylic acids is 1. The highest BCUT2D eigenvalue weighted by Crippen LogP contribution is 2.18. The highest BCUT2D eigenvalue weighted by Gasteiger charge is 2.07. The minimum atomic E-state index is -0.857. The van der Waals surface area contributed by atoms with E-state index in [1.165, 1.54) is 0 Å². The van der Waals surface area contributed by atoms with Crippen molar-refractivity contribution >= 4 is 17.7 Å². The molecule has 0 amide bonds. The van der Waals surface area contributed by atoms with E-state index >= 15 is 0 Å². The molecule has 0 bridgehead atoms. The van der Waals surface area contributed by atoms with Crippen molar-refractivity contribution < 1.29 is 9.90 Å². The zero-order valence-electron chi connectivity index (χ0n) is 10.1. The number of para-hydroxylation sites is 1. The molecule has 0 aliphatic rings. The largest absolute Gasteiger partial charge is 0.478 e. The number of hydrogen-bond donors (Lipinski definition) is 2. The zero-order valence-corrected chi connectivity index (χ0v) is 10.1. The summed E-state index contributed by atoms with van der Waals surface area (Å²) in [4.78, 5) is 11.1. The normalized spacial score (nSPS) is 11.5. The first-order chi connectivity index (χ1) is 8.15. The average molecular weight is 233 g/mol. The van der Waals surface area contributed by atoms with Crippen molar-refractivity contribution in [1.29, 1.82) is 0 Å². The second-order valence-corrected chi connectivity index (χ2v) is 4.06. The first kappa shape index (κ1) is 13.3. The summed E-state index contributed by atoms with van der Waals surface area (Å²) in [5, 5.41) is 9.12. The summed E-state index contributed by atoms with van der Waals surface area (Å²) in [5.41, 5.74) is 7.61. The number of unbranched alkanes of at least 4 members (excludes halogenated alkanes) is 2. The van der Waals surface area contributed by atoms with E-state index in [2.05, 4.69) is 6.92 Å². The lowest BCUT2D eigenvalue weighted by Crippen LogP contribution is -2.01. The van der Waals surface area contributed by atoms with E-state index in [0.717, 1.165) is 24.8 Å². The smallest absolute Gasteiger partial charge is 0.331 e. The van der Waals surface area contributed by atoms with Crippen molar-refractivity contribution in [1.82, 2.24) is 0 Å². The fraction of sp³-hybridized carbons (Fsp3) is 0.357. The van der Waals surface area contributed by atoms with E-state index in [1.807, 2.05) is 18.2 Å². The van der Waals surface area contributed by atoms with Gasteiger partial charge in [0, 0.05) is 11.3 Å². The van der Waals surface area contributed by atoms with Crippen LogP contribution in [0.4, 0.5) is 5.69 Å². The molecule has 17 heavy (non-hydrogen) atoms. The predicted octanol–water partition coefficient (Wildman–Crippen LogP) is 3.32.